The Labute approximate surface area is 109 Å². The number of terminal acetylenes is 1. The highest BCUT2D eigenvalue weighted by Crippen LogP contribution is 2.18. The Bertz CT molecular complexity index is 450. The second kappa shape index (κ2) is 6.67. The lowest BCUT2D eigenvalue weighted by molar-refractivity contribution is -0.137. The average molecular weight is 266 g/mol. The first-order valence-electron chi connectivity index (χ1n) is 5.28. The lowest BCUT2D eigenvalue weighted by atomic mass is 10.3. The van der Waals surface area contributed by atoms with Crippen LogP contribution in [0.5, 0.6) is 0 Å². The van der Waals surface area contributed by atoms with E-state index in [1.54, 1.807) is 0 Å². The molecule has 5 nitrogen and oxygen atoms in total. The monoisotopic (exact) mass is 266 g/mol. The topological polar surface area (TPSA) is 69.6 Å². The molecule has 0 fully saturated rings. The molecule has 0 bridgehead atoms. The van der Waals surface area contributed by atoms with Crippen LogP contribution in [0.4, 0.5) is 4.79 Å². The van der Waals surface area contributed by atoms with E-state index < -0.39 is 18.5 Å². The van der Waals surface area contributed by atoms with Gasteiger partial charge in [-0.15, -0.1) is 17.8 Å². The normalized spacial score (nSPS) is 11.3. The summed E-state index contributed by atoms with van der Waals surface area (Å²) in [5, 5.41) is 13.3. The molecule has 6 heteroatoms. The minimum atomic E-state index is -1.09. The van der Waals surface area contributed by atoms with Crippen molar-refractivity contribution in [3.8, 4) is 12.3 Å². The predicted octanol–water partition coefficient (Wildman–Crippen LogP) is 1.54. The van der Waals surface area contributed by atoms with Crippen LogP contribution in [-0.4, -0.2) is 35.1 Å². The number of nitrogens with zero attached hydrogens (tertiary/aromatic N) is 1. The fourth-order valence-electron chi connectivity index (χ4n) is 1.36. The van der Waals surface area contributed by atoms with Crippen molar-refractivity contribution >= 4 is 23.3 Å². The zero-order chi connectivity index (χ0) is 13.5. The molecule has 2 N–H and O–H groups in total. The fourth-order valence-corrected chi connectivity index (χ4v) is 2.09. The number of thiophene rings is 1. The van der Waals surface area contributed by atoms with Gasteiger partial charge < -0.3 is 15.3 Å². The van der Waals surface area contributed by atoms with Crippen molar-refractivity contribution in [2.24, 2.45) is 0 Å². The van der Waals surface area contributed by atoms with Crippen molar-refractivity contribution in [3.63, 3.8) is 0 Å². The highest BCUT2D eigenvalue weighted by molar-refractivity contribution is 7.10. The number of amides is 2. The molecule has 0 aliphatic heterocycles. The fraction of sp³-hybridized carbons (Fsp3) is 0.333. The van der Waals surface area contributed by atoms with E-state index in [-0.39, 0.29) is 12.6 Å². The van der Waals surface area contributed by atoms with Crippen LogP contribution in [0.3, 0.4) is 0 Å². The Balaban J connectivity index is 2.61. The van der Waals surface area contributed by atoms with Gasteiger partial charge in [0, 0.05) is 4.88 Å². The zero-order valence-electron chi connectivity index (χ0n) is 9.92. The van der Waals surface area contributed by atoms with Crippen LogP contribution in [-0.2, 0) is 4.79 Å². The second-order valence-electron chi connectivity index (χ2n) is 3.64. The third-order valence-corrected chi connectivity index (χ3v) is 3.26. The van der Waals surface area contributed by atoms with E-state index in [1.807, 2.05) is 24.4 Å². The van der Waals surface area contributed by atoms with Crippen LogP contribution < -0.4 is 5.32 Å². The number of aliphatic carboxylic acids is 1. The maximum atomic E-state index is 11.8. The van der Waals surface area contributed by atoms with Gasteiger partial charge in [-0.1, -0.05) is 12.0 Å². The Morgan fingerprint density at radius 1 is 1.67 bits per heavy atom. The Morgan fingerprint density at radius 3 is 2.89 bits per heavy atom. The van der Waals surface area contributed by atoms with Gasteiger partial charge in [0.25, 0.3) is 0 Å². The van der Waals surface area contributed by atoms with E-state index in [2.05, 4.69) is 11.2 Å². The number of urea groups is 1. The van der Waals surface area contributed by atoms with Gasteiger partial charge in [0.05, 0.1) is 12.6 Å². The summed E-state index contributed by atoms with van der Waals surface area (Å²) >= 11 is 1.52. The molecule has 96 valence electrons. The van der Waals surface area contributed by atoms with Gasteiger partial charge >= 0.3 is 12.0 Å². The van der Waals surface area contributed by atoms with Crippen molar-refractivity contribution in [1.29, 1.82) is 0 Å². The van der Waals surface area contributed by atoms with Crippen molar-refractivity contribution in [1.82, 2.24) is 10.2 Å². The van der Waals surface area contributed by atoms with Gasteiger partial charge in [0.2, 0.25) is 0 Å². The third kappa shape index (κ3) is 4.11. The molecule has 1 aromatic rings. The molecule has 0 spiro atoms. The number of carboxylic acid groups (broad SMARTS) is 1. The number of carbonyl (C=O) groups excluding carboxylic acids is 1. The molecule has 0 saturated heterocycles. The third-order valence-electron chi connectivity index (χ3n) is 2.21. The zero-order valence-corrected chi connectivity index (χ0v) is 10.7. The number of hydrogen-bond acceptors (Lipinski definition) is 3. The van der Waals surface area contributed by atoms with Crippen LogP contribution in [0, 0.1) is 12.3 Å². The molecule has 2 amide bonds. The maximum absolute atomic E-state index is 11.8. The van der Waals surface area contributed by atoms with Crippen LogP contribution in [0.1, 0.15) is 17.8 Å². The summed E-state index contributed by atoms with van der Waals surface area (Å²) in [6.07, 6.45) is 5.11. The van der Waals surface area contributed by atoms with Crippen molar-refractivity contribution in [2.45, 2.75) is 13.0 Å². The Kier molecular flexibility index (Phi) is 5.21. The first-order valence-corrected chi connectivity index (χ1v) is 6.16. The molecule has 0 aliphatic rings. The molecule has 1 atom stereocenters. The van der Waals surface area contributed by atoms with Crippen LogP contribution in [0.25, 0.3) is 0 Å². The van der Waals surface area contributed by atoms with E-state index in [4.69, 9.17) is 11.5 Å². The number of carboxylic acids is 1. The molecule has 18 heavy (non-hydrogen) atoms. The summed E-state index contributed by atoms with van der Waals surface area (Å²) in [6, 6.07) is 3.14. The lowest BCUT2D eigenvalue weighted by Crippen LogP contribution is -2.43. The number of rotatable bonds is 5. The Morgan fingerprint density at radius 2 is 2.39 bits per heavy atom. The molecular weight excluding hydrogens is 252 g/mol. The molecule has 1 rings (SSSR count). The van der Waals surface area contributed by atoms with Crippen molar-refractivity contribution in [3.05, 3.63) is 22.4 Å². The van der Waals surface area contributed by atoms with Crippen LogP contribution in [0.15, 0.2) is 17.5 Å². The van der Waals surface area contributed by atoms with Gasteiger partial charge in [-0.25, -0.2) is 4.79 Å². The minimum Gasteiger partial charge on any atom is -0.480 e. The number of carbonyl (C=O) groups is 2. The van der Waals surface area contributed by atoms with Crippen molar-refractivity contribution in [2.75, 3.05) is 13.1 Å². The molecule has 1 unspecified atom stereocenters. The first-order chi connectivity index (χ1) is 8.54. The molecule has 1 aromatic heterocycles. The SMILES string of the molecule is C#CCN(CC(=O)O)C(=O)NC(C)c1cccs1. The van der Waals surface area contributed by atoms with E-state index in [0.717, 1.165) is 9.78 Å². The minimum absolute atomic E-state index is 0.0324. The van der Waals surface area contributed by atoms with Crippen LogP contribution >= 0.6 is 11.3 Å². The standard InChI is InChI=1S/C12H14N2O3S/c1-3-6-14(8-11(15)16)12(17)13-9(2)10-5-4-7-18-10/h1,4-5,7,9H,6,8H2,2H3,(H,13,17)(H,15,16). The van der Waals surface area contributed by atoms with Crippen molar-refractivity contribution < 1.29 is 14.7 Å². The maximum Gasteiger partial charge on any atom is 0.323 e. The lowest BCUT2D eigenvalue weighted by Gasteiger charge is -2.21. The number of hydrogen-bond donors (Lipinski definition) is 2. The molecule has 0 aliphatic carbocycles. The first kappa shape index (κ1) is 14.1. The van der Waals surface area contributed by atoms with E-state index in [0.29, 0.717) is 0 Å². The van der Waals surface area contributed by atoms with E-state index in [1.165, 1.54) is 11.3 Å². The molecule has 1 heterocycles. The predicted molar refractivity (Wildman–Crippen MR) is 69.3 cm³/mol. The molecular formula is C12H14N2O3S. The summed E-state index contributed by atoms with van der Waals surface area (Å²) in [5.74, 6) is 1.17. The highest BCUT2D eigenvalue weighted by Gasteiger charge is 2.18. The van der Waals surface area contributed by atoms with Gasteiger partial charge in [0.15, 0.2) is 0 Å². The molecule has 0 radical (unpaired) electrons. The summed E-state index contributed by atoms with van der Waals surface area (Å²) < 4.78 is 0. The van der Waals surface area contributed by atoms with Gasteiger partial charge in [-0.2, -0.15) is 0 Å². The summed E-state index contributed by atoms with van der Waals surface area (Å²) in [6.45, 7) is 1.39. The van der Waals surface area contributed by atoms with Gasteiger partial charge in [-0.05, 0) is 18.4 Å². The van der Waals surface area contributed by atoms with E-state index >= 15 is 0 Å². The van der Waals surface area contributed by atoms with Gasteiger partial charge in [-0.3, -0.25) is 4.79 Å². The van der Waals surface area contributed by atoms with Crippen LogP contribution in [0.2, 0.25) is 0 Å². The van der Waals surface area contributed by atoms with E-state index in [9.17, 15) is 9.59 Å². The average Bonchev–Trinajstić information content (AvgIpc) is 2.81. The smallest absolute Gasteiger partial charge is 0.323 e. The highest BCUT2D eigenvalue weighted by atomic mass is 32.1. The summed E-state index contributed by atoms with van der Waals surface area (Å²) in [5.41, 5.74) is 0. The van der Waals surface area contributed by atoms with Gasteiger partial charge in [0.1, 0.15) is 6.54 Å². The molecule has 0 saturated carbocycles. The largest absolute Gasteiger partial charge is 0.480 e. The number of nitrogens with one attached hydrogen (secondary N) is 1. The quantitative estimate of drug-likeness (QED) is 0.794. The second-order valence-corrected chi connectivity index (χ2v) is 4.62. The molecule has 0 aromatic carbocycles. The summed E-state index contributed by atoms with van der Waals surface area (Å²) in [4.78, 5) is 24.5. The summed E-state index contributed by atoms with van der Waals surface area (Å²) in [7, 11) is 0. The Hall–Kier alpha value is -2.00.